The molecule has 0 N–H and O–H groups in total. The van der Waals surface area contributed by atoms with Crippen molar-refractivity contribution in [2.75, 3.05) is 13.1 Å². The molecule has 3 saturated heterocycles. The van der Waals surface area contributed by atoms with Crippen molar-refractivity contribution in [3.63, 3.8) is 0 Å². The van der Waals surface area contributed by atoms with E-state index in [0.29, 0.717) is 23.9 Å². The van der Waals surface area contributed by atoms with E-state index in [4.69, 9.17) is 4.99 Å². The SMILES string of the molecule is C(=NC1C2CCN(CC2)C1C(c1ccccc1)c1ccccc1)c1cccnc1. The molecule has 1 aromatic heterocycles. The summed E-state index contributed by atoms with van der Waals surface area (Å²) in [7, 11) is 0. The van der Waals surface area contributed by atoms with Crippen LogP contribution in [0.1, 0.15) is 35.4 Å². The minimum Gasteiger partial charge on any atom is -0.297 e. The van der Waals surface area contributed by atoms with Crippen LogP contribution in [-0.2, 0) is 0 Å². The first-order valence-electron chi connectivity index (χ1n) is 10.7. The van der Waals surface area contributed by atoms with Crippen LogP contribution in [0.3, 0.4) is 0 Å². The molecule has 2 bridgehead atoms. The summed E-state index contributed by atoms with van der Waals surface area (Å²) in [6, 6.07) is 26.7. The maximum Gasteiger partial charge on any atom is 0.0693 e. The first-order chi connectivity index (χ1) is 14.4. The Morgan fingerprint density at radius 1 is 0.862 bits per heavy atom. The number of aromatic nitrogens is 1. The van der Waals surface area contributed by atoms with Gasteiger partial charge in [0, 0.05) is 36.1 Å². The Morgan fingerprint density at radius 2 is 1.52 bits per heavy atom. The molecule has 29 heavy (non-hydrogen) atoms. The summed E-state index contributed by atoms with van der Waals surface area (Å²) in [5.74, 6) is 0.990. The van der Waals surface area contributed by atoms with E-state index in [1.807, 2.05) is 24.7 Å². The Bertz CT molecular complexity index is 892. The number of pyridine rings is 1. The van der Waals surface area contributed by atoms with Gasteiger partial charge in [0.2, 0.25) is 0 Å². The van der Waals surface area contributed by atoms with E-state index in [9.17, 15) is 0 Å². The van der Waals surface area contributed by atoms with Gasteiger partial charge in [0.05, 0.1) is 6.04 Å². The first-order valence-corrected chi connectivity index (χ1v) is 10.7. The summed E-state index contributed by atoms with van der Waals surface area (Å²) in [5.41, 5.74) is 3.86. The molecule has 3 fully saturated rings. The zero-order valence-corrected chi connectivity index (χ0v) is 16.6. The van der Waals surface area contributed by atoms with Crippen LogP contribution in [0, 0.1) is 5.92 Å². The smallest absolute Gasteiger partial charge is 0.0693 e. The molecule has 0 saturated carbocycles. The van der Waals surface area contributed by atoms with Crippen LogP contribution in [-0.4, -0.2) is 41.3 Å². The molecular weight excluding hydrogens is 354 g/mol. The van der Waals surface area contributed by atoms with E-state index >= 15 is 0 Å². The van der Waals surface area contributed by atoms with E-state index in [1.165, 1.54) is 37.1 Å². The average molecular weight is 382 g/mol. The molecule has 2 aromatic carbocycles. The van der Waals surface area contributed by atoms with Gasteiger partial charge in [-0.25, -0.2) is 0 Å². The molecule has 2 unspecified atom stereocenters. The number of nitrogens with zero attached hydrogens (tertiary/aromatic N) is 3. The summed E-state index contributed by atoms with van der Waals surface area (Å²) < 4.78 is 0. The van der Waals surface area contributed by atoms with Crippen LogP contribution < -0.4 is 0 Å². The third-order valence-corrected chi connectivity index (χ3v) is 6.57. The third-order valence-electron chi connectivity index (χ3n) is 6.57. The van der Waals surface area contributed by atoms with E-state index < -0.39 is 0 Å². The Labute approximate surface area is 173 Å². The van der Waals surface area contributed by atoms with Crippen molar-refractivity contribution in [3.05, 3.63) is 102 Å². The number of hydrogen-bond donors (Lipinski definition) is 0. The molecule has 4 heterocycles. The lowest BCUT2D eigenvalue weighted by Gasteiger charge is -2.52. The normalized spacial score (nSPS) is 26.2. The Morgan fingerprint density at radius 3 is 2.10 bits per heavy atom. The minimum atomic E-state index is 0.308. The highest BCUT2D eigenvalue weighted by atomic mass is 15.2. The molecule has 0 spiro atoms. The Kier molecular flexibility index (Phi) is 5.23. The van der Waals surface area contributed by atoms with Crippen LogP contribution in [0.25, 0.3) is 0 Å². The number of rotatable bonds is 5. The topological polar surface area (TPSA) is 28.5 Å². The summed E-state index contributed by atoms with van der Waals surface area (Å²) in [4.78, 5) is 12.1. The average Bonchev–Trinajstić information content (AvgIpc) is 2.81. The molecule has 6 rings (SSSR count). The maximum absolute atomic E-state index is 5.18. The van der Waals surface area contributed by atoms with E-state index in [2.05, 4.69) is 76.6 Å². The summed E-state index contributed by atoms with van der Waals surface area (Å²) in [6.07, 6.45) is 8.25. The highest BCUT2D eigenvalue weighted by Crippen LogP contribution is 2.43. The quantitative estimate of drug-likeness (QED) is 0.594. The van der Waals surface area contributed by atoms with Gasteiger partial charge in [-0.3, -0.25) is 14.9 Å². The fourth-order valence-electron chi connectivity index (χ4n) is 5.20. The van der Waals surface area contributed by atoms with Crippen molar-refractivity contribution in [1.29, 1.82) is 0 Å². The van der Waals surface area contributed by atoms with Crippen LogP contribution in [0.2, 0.25) is 0 Å². The molecule has 3 aromatic rings. The molecule has 146 valence electrons. The second kappa shape index (κ2) is 8.30. The minimum absolute atomic E-state index is 0.308. The van der Waals surface area contributed by atoms with Gasteiger partial charge in [-0.1, -0.05) is 66.7 Å². The number of fused-ring (bicyclic) bond motifs is 3. The molecule has 3 nitrogen and oxygen atoms in total. The van der Waals surface area contributed by atoms with Crippen molar-refractivity contribution in [1.82, 2.24) is 9.88 Å². The third kappa shape index (κ3) is 3.75. The maximum atomic E-state index is 5.18. The largest absolute Gasteiger partial charge is 0.297 e. The van der Waals surface area contributed by atoms with Gasteiger partial charge in [0.15, 0.2) is 0 Å². The van der Waals surface area contributed by atoms with Crippen molar-refractivity contribution in [3.8, 4) is 0 Å². The Hall–Kier alpha value is -2.78. The second-order valence-corrected chi connectivity index (χ2v) is 8.22. The zero-order chi connectivity index (χ0) is 19.5. The van der Waals surface area contributed by atoms with Gasteiger partial charge in [-0.15, -0.1) is 0 Å². The number of benzene rings is 2. The predicted octanol–water partition coefficient (Wildman–Crippen LogP) is 4.80. The van der Waals surface area contributed by atoms with Crippen molar-refractivity contribution < 1.29 is 0 Å². The fraction of sp³-hybridized carbons (Fsp3) is 0.308. The summed E-state index contributed by atoms with van der Waals surface area (Å²) in [6.45, 7) is 2.37. The number of hydrogen-bond acceptors (Lipinski definition) is 3. The molecule has 0 amide bonds. The summed E-state index contributed by atoms with van der Waals surface area (Å²) in [5, 5.41) is 0. The molecule has 2 atom stereocenters. The lowest BCUT2D eigenvalue weighted by molar-refractivity contribution is 0.0215. The number of piperidine rings is 3. The molecule has 0 radical (unpaired) electrons. The van der Waals surface area contributed by atoms with Gasteiger partial charge in [0.1, 0.15) is 0 Å². The molecule has 3 aliphatic heterocycles. The van der Waals surface area contributed by atoms with Gasteiger partial charge in [-0.05, 0) is 49.0 Å². The lowest BCUT2D eigenvalue weighted by atomic mass is 9.71. The fourth-order valence-corrected chi connectivity index (χ4v) is 5.20. The van der Waals surface area contributed by atoms with Gasteiger partial charge < -0.3 is 0 Å². The summed E-state index contributed by atoms with van der Waals surface area (Å²) >= 11 is 0. The molecule has 0 aliphatic carbocycles. The second-order valence-electron chi connectivity index (χ2n) is 8.22. The monoisotopic (exact) mass is 381 g/mol. The van der Waals surface area contributed by atoms with Crippen molar-refractivity contribution >= 4 is 6.21 Å². The molecule has 3 aliphatic rings. The molecule has 3 heteroatoms. The van der Waals surface area contributed by atoms with Crippen LogP contribution >= 0.6 is 0 Å². The van der Waals surface area contributed by atoms with Crippen LogP contribution in [0.5, 0.6) is 0 Å². The van der Waals surface area contributed by atoms with Crippen molar-refractivity contribution in [2.24, 2.45) is 10.9 Å². The van der Waals surface area contributed by atoms with E-state index in [0.717, 1.165) is 5.56 Å². The standard InChI is InChI=1S/C26H27N3/c1-3-9-21(10-4-1)24(22-11-5-2-6-12-22)26-25(23-13-16-29(26)17-14-23)28-19-20-8-7-15-27-18-20/h1-12,15,18-19,23-26H,13-14,16-17H2. The number of aliphatic imine (C=N–C) groups is 1. The Balaban J connectivity index is 1.56. The van der Waals surface area contributed by atoms with Crippen LogP contribution in [0.15, 0.2) is 90.2 Å². The van der Waals surface area contributed by atoms with Gasteiger partial charge >= 0.3 is 0 Å². The lowest BCUT2D eigenvalue weighted by Crippen LogP contribution is -2.59. The van der Waals surface area contributed by atoms with Crippen molar-refractivity contribution in [2.45, 2.75) is 30.8 Å². The van der Waals surface area contributed by atoms with E-state index in [-0.39, 0.29) is 0 Å². The van der Waals surface area contributed by atoms with Gasteiger partial charge in [-0.2, -0.15) is 0 Å². The molecular formula is C26H27N3. The van der Waals surface area contributed by atoms with Crippen LogP contribution in [0.4, 0.5) is 0 Å². The van der Waals surface area contributed by atoms with E-state index in [1.54, 1.807) is 0 Å². The highest BCUT2D eigenvalue weighted by molar-refractivity contribution is 5.79. The van der Waals surface area contributed by atoms with Gasteiger partial charge in [0.25, 0.3) is 0 Å². The zero-order valence-electron chi connectivity index (χ0n) is 16.6. The predicted molar refractivity (Wildman–Crippen MR) is 118 cm³/mol. The highest BCUT2D eigenvalue weighted by Gasteiger charge is 2.46. The first kappa shape index (κ1) is 18.3.